The van der Waals surface area contributed by atoms with Gasteiger partial charge in [-0.25, -0.2) is 0 Å². The highest BCUT2D eigenvalue weighted by Gasteiger charge is 2.49. The Hall–Kier alpha value is -7.33. The van der Waals surface area contributed by atoms with Crippen LogP contribution in [0.5, 0.6) is 46.0 Å². The van der Waals surface area contributed by atoms with Crippen molar-refractivity contribution in [1.29, 1.82) is 0 Å². The van der Waals surface area contributed by atoms with Crippen LogP contribution in [0.1, 0.15) is 95.7 Å². The Balaban J connectivity index is 0.942. The van der Waals surface area contributed by atoms with Crippen molar-refractivity contribution in [3.63, 3.8) is 0 Å². The first kappa shape index (κ1) is 46.7. The molecule has 0 spiro atoms. The van der Waals surface area contributed by atoms with E-state index in [4.69, 9.17) is 18.9 Å². The smallest absolute Gasteiger partial charge is 0.268 e. The summed E-state index contributed by atoms with van der Waals surface area (Å²) < 4.78 is 33.8. The minimum atomic E-state index is -0.192. The van der Waals surface area contributed by atoms with Gasteiger partial charge in [-0.3, -0.25) is 0 Å². The van der Waals surface area contributed by atoms with Crippen LogP contribution in [0.15, 0.2) is 121 Å². The van der Waals surface area contributed by atoms with Gasteiger partial charge in [-0.2, -0.15) is 0 Å². The van der Waals surface area contributed by atoms with E-state index in [9.17, 15) is 0 Å². The largest absolute Gasteiger partial charge is 0.458 e. The average molecular weight is 1050 g/mol. The molecule has 6 aliphatic heterocycles. The molecule has 0 saturated heterocycles. The van der Waals surface area contributed by atoms with Crippen LogP contribution in [0, 0.1) is 20.8 Å². The molecule has 6 aliphatic rings. The first-order valence-corrected chi connectivity index (χ1v) is 29.2. The van der Waals surface area contributed by atoms with Gasteiger partial charge in [0.25, 0.3) is 20.1 Å². The van der Waals surface area contributed by atoms with Crippen LogP contribution in [0.3, 0.4) is 0 Å². The fraction of sp³-hybridized carbons (Fsp3) is 0.224. The van der Waals surface area contributed by atoms with Gasteiger partial charge < -0.3 is 29.2 Å². The van der Waals surface area contributed by atoms with Crippen LogP contribution in [0.4, 0.5) is 28.4 Å². The molecular weight excluding hydrogens is 993 g/mol. The molecule has 10 aromatic rings. The second-order valence-electron chi connectivity index (χ2n) is 26.0. The van der Waals surface area contributed by atoms with Crippen LogP contribution in [0.25, 0.3) is 20.2 Å². The zero-order valence-electron chi connectivity index (χ0n) is 46.2. The number of hydrogen-bond donors (Lipinski definition) is 1. The van der Waals surface area contributed by atoms with E-state index in [1.165, 1.54) is 68.3 Å². The average Bonchev–Trinajstić information content (AvgIpc) is 3.29. The number of rotatable bonds is 1. The predicted molar refractivity (Wildman–Crippen MR) is 332 cm³/mol. The maximum atomic E-state index is 7.31. The molecule has 2 aromatic heterocycles. The van der Waals surface area contributed by atoms with E-state index in [-0.39, 0.29) is 36.4 Å². The number of hydrogen-bond acceptors (Lipinski definition) is 8. The SMILES string of the molecule is Cc1cc2c3c(c1)Oc1c(sc4ccc(C(C)(C)C)cc14)B3c1cc3c(cc1N2)Oc1cc(C)cc2c1B3c1cc3c(cc1O2)N(c1ccc(C(C)(C)C)cc1)c1cc(C)cc2c1B3c1sc3ccc(C(C)(C)C)cc3c1O2. The van der Waals surface area contributed by atoms with Crippen LogP contribution in [0.2, 0.25) is 0 Å². The molecule has 6 nitrogen and oxygen atoms in total. The third-order valence-electron chi connectivity index (χ3n) is 17.4. The zero-order chi connectivity index (χ0) is 53.4. The number of aryl methyl sites for hydroxylation is 3. The minimum Gasteiger partial charge on any atom is -0.458 e. The summed E-state index contributed by atoms with van der Waals surface area (Å²) in [6.07, 6.45) is 0. The summed E-state index contributed by atoms with van der Waals surface area (Å²) in [7, 11) is 0. The van der Waals surface area contributed by atoms with Crippen molar-refractivity contribution >= 4 is 139 Å². The summed E-state index contributed by atoms with van der Waals surface area (Å²) in [6, 6.07) is 46.2. The lowest BCUT2D eigenvalue weighted by Crippen LogP contribution is -2.63. The number of ether oxygens (including phenoxy) is 4. The molecule has 0 unspecified atom stereocenters. The van der Waals surface area contributed by atoms with Gasteiger partial charge in [-0.1, -0.05) is 98.7 Å². The Morgan fingerprint density at radius 1 is 0.397 bits per heavy atom. The molecule has 0 fully saturated rings. The lowest BCUT2D eigenvalue weighted by molar-refractivity contribution is 0.464. The van der Waals surface area contributed by atoms with Gasteiger partial charge in [0.15, 0.2) is 0 Å². The number of anilines is 5. The fourth-order valence-electron chi connectivity index (χ4n) is 13.5. The molecule has 380 valence electrons. The van der Waals surface area contributed by atoms with Gasteiger partial charge in [0.05, 0.1) is 0 Å². The lowest BCUT2D eigenvalue weighted by atomic mass is 9.31. The minimum absolute atomic E-state index is 0.00258. The van der Waals surface area contributed by atoms with E-state index < -0.39 is 0 Å². The Labute approximate surface area is 465 Å². The van der Waals surface area contributed by atoms with Gasteiger partial charge >= 0.3 is 0 Å². The van der Waals surface area contributed by atoms with Crippen molar-refractivity contribution < 1.29 is 18.9 Å². The predicted octanol–water partition coefficient (Wildman–Crippen LogP) is 12.7. The van der Waals surface area contributed by atoms with Crippen molar-refractivity contribution in [1.82, 2.24) is 0 Å². The molecule has 8 aromatic carbocycles. The summed E-state index contributed by atoms with van der Waals surface area (Å²) in [5.41, 5.74) is 20.9. The van der Waals surface area contributed by atoms with Crippen LogP contribution < -0.4 is 77.0 Å². The number of fused-ring (bicyclic) bond motifs is 16. The molecule has 0 aliphatic carbocycles. The summed E-state index contributed by atoms with van der Waals surface area (Å²) in [4.78, 5) is 2.47. The highest BCUT2D eigenvalue weighted by atomic mass is 32.1. The second-order valence-corrected chi connectivity index (χ2v) is 28.2. The number of nitrogens with zero attached hydrogens (tertiary/aromatic N) is 1. The van der Waals surface area contributed by atoms with Gasteiger partial charge in [0, 0.05) is 75.8 Å². The van der Waals surface area contributed by atoms with Gasteiger partial charge in [0.1, 0.15) is 46.0 Å². The lowest BCUT2D eigenvalue weighted by Gasteiger charge is -2.41. The third-order valence-corrected chi connectivity index (χ3v) is 19.9. The highest BCUT2D eigenvalue weighted by Crippen LogP contribution is 2.48. The molecule has 0 atom stereocenters. The Bertz CT molecular complexity index is 4380. The van der Waals surface area contributed by atoms with Crippen LogP contribution in [-0.4, -0.2) is 20.1 Å². The number of thiophene rings is 2. The summed E-state index contributed by atoms with van der Waals surface area (Å²) in [6.45, 7) is 26.7. The van der Waals surface area contributed by atoms with Gasteiger partial charge in [-0.05, 0) is 176 Å². The van der Waals surface area contributed by atoms with Crippen molar-refractivity contribution in [2.45, 2.75) is 99.3 Å². The Morgan fingerprint density at radius 2 is 0.885 bits per heavy atom. The van der Waals surface area contributed by atoms with E-state index in [1.807, 2.05) is 22.7 Å². The van der Waals surface area contributed by atoms with E-state index in [0.29, 0.717) is 0 Å². The summed E-state index contributed by atoms with van der Waals surface area (Å²) in [5, 5.41) is 6.28. The van der Waals surface area contributed by atoms with Crippen molar-refractivity contribution in [2.24, 2.45) is 0 Å². The van der Waals surface area contributed by atoms with E-state index in [1.54, 1.807) is 0 Å². The molecule has 0 radical (unpaired) electrons. The Kier molecular flexibility index (Phi) is 9.28. The number of benzene rings is 8. The molecule has 11 heteroatoms. The molecule has 0 saturated carbocycles. The van der Waals surface area contributed by atoms with Crippen LogP contribution in [-0.2, 0) is 16.2 Å². The molecule has 0 amide bonds. The Morgan fingerprint density at radius 3 is 1.46 bits per heavy atom. The van der Waals surface area contributed by atoms with Crippen molar-refractivity contribution in [2.75, 3.05) is 10.2 Å². The molecular formula is C67H57B3N2O4S2. The van der Waals surface area contributed by atoms with E-state index in [0.717, 1.165) is 108 Å². The highest BCUT2D eigenvalue weighted by molar-refractivity contribution is 7.34. The monoisotopic (exact) mass is 1050 g/mol. The summed E-state index contributed by atoms with van der Waals surface area (Å²) >= 11 is 3.73. The maximum Gasteiger partial charge on any atom is 0.268 e. The van der Waals surface area contributed by atoms with E-state index in [2.05, 4.69) is 215 Å². The molecule has 1 N–H and O–H groups in total. The van der Waals surface area contributed by atoms with E-state index >= 15 is 0 Å². The molecule has 8 heterocycles. The molecule has 78 heavy (non-hydrogen) atoms. The normalized spacial score (nSPS) is 14.8. The van der Waals surface area contributed by atoms with Crippen molar-refractivity contribution in [3.05, 3.63) is 155 Å². The molecule has 16 rings (SSSR count). The maximum absolute atomic E-state index is 7.31. The first-order valence-electron chi connectivity index (χ1n) is 27.5. The summed E-state index contributed by atoms with van der Waals surface area (Å²) in [5.74, 6) is 7.16. The van der Waals surface area contributed by atoms with Gasteiger partial charge in [0.2, 0.25) is 0 Å². The quantitative estimate of drug-likeness (QED) is 0.165. The third kappa shape index (κ3) is 6.58. The van der Waals surface area contributed by atoms with Crippen LogP contribution >= 0.6 is 22.7 Å². The molecule has 0 bridgehead atoms. The second kappa shape index (κ2) is 15.5. The van der Waals surface area contributed by atoms with Crippen molar-refractivity contribution in [3.8, 4) is 46.0 Å². The standard InChI is InChI=1S/C67H57B3N2O4S2/c1-33-21-47-58-52(23-33)75-61-40-27-37(66(7,8)9)15-19-56(40)77-63(61)69(58)42-29-44-50(31-46(42)71-47)73-54-25-35(3)26-55-60(54)68(44)45-30-43-48(32-51(45)74-55)72(39-17-13-36(14-18-39)65(4,5)6)49-22-34(2)24-53-59(49)70(43)64-62(76-53)41-28-38(67(10,11)12)16-20-57(41)78-64/h13-32,71H,1-12H3. The first-order chi connectivity index (χ1) is 37.2. The number of nitrogens with one attached hydrogen (secondary N) is 1. The fourth-order valence-corrected chi connectivity index (χ4v) is 16.0. The van der Waals surface area contributed by atoms with Gasteiger partial charge in [-0.15, -0.1) is 22.7 Å². The zero-order valence-corrected chi connectivity index (χ0v) is 47.8. The topological polar surface area (TPSA) is 52.2 Å².